The molecule has 0 unspecified atom stereocenters. The molecular weight excluding hydrogens is 184 g/mol. The van der Waals surface area contributed by atoms with Gasteiger partial charge in [-0.1, -0.05) is 12.8 Å². The van der Waals surface area contributed by atoms with Crippen molar-refractivity contribution < 1.29 is 19.1 Å². The van der Waals surface area contributed by atoms with Crippen molar-refractivity contribution in [2.24, 2.45) is 5.92 Å². The molecule has 0 N–H and O–H groups in total. The fraction of sp³-hybridized carbons (Fsp3) is 0.200. The number of ether oxygens (including phenoxy) is 2. The molecule has 0 spiro atoms. The largest absolute Gasteiger partial charge is 0.372 e. The summed E-state index contributed by atoms with van der Waals surface area (Å²) in [5.41, 5.74) is 0. The van der Waals surface area contributed by atoms with Gasteiger partial charge in [-0.2, -0.15) is 0 Å². The summed E-state index contributed by atoms with van der Waals surface area (Å²) >= 11 is 0. The first kappa shape index (κ1) is 11.6. The molecule has 0 aliphatic rings. The van der Waals surface area contributed by atoms with Crippen molar-refractivity contribution >= 4 is 11.9 Å². The van der Waals surface area contributed by atoms with Gasteiger partial charge in [0.25, 0.3) is 0 Å². The molecule has 0 radical (unpaired) electrons. The van der Waals surface area contributed by atoms with Gasteiger partial charge >= 0.3 is 11.9 Å². The van der Waals surface area contributed by atoms with E-state index in [-0.39, 0.29) is 6.42 Å². The van der Waals surface area contributed by atoms with Crippen LogP contribution in [0.2, 0.25) is 0 Å². The van der Waals surface area contributed by atoms with E-state index in [2.05, 4.69) is 15.4 Å². The first-order valence-electron chi connectivity index (χ1n) is 3.43. The summed E-state index contributed by atoms with van der Waals surface area (Å²) in [7, 11) is 0. The van der Waals surface area contributed by atoms with Crippen molar-refractivity contribution in [1.29, 1.82) is 0 Å². The van der Waals surface area contributed by atoms with Gasteiger partial charge in [-0.25, -0.2) is 9.59 Å². The van der Waals surface area contributed by atoms with Crippen molar-refractivity contribution in [1.82, 2.24) is 0 Å². The number of rotatable bonds is 3. The maximum absolute atomic E-state index is 11.0. The van der Waals surface area contributed by atoms with Gasteiger partial charge in [0, 0.05) is 6.42 Å². The van der Waals surface area contributed by atoms with Crippen LogP contribution in [0.5, 0.6) is 0 Å². The van der Waals surface area contributed by atoms with Gasteiger partial charge in [-0.3, -0.25) is 0 Å². The third kappa shape index (κ3) is 3.34. The lowest BCUT2D eigenvalue weighted by Crippen LogP contribution is -2.25. The van der Waals surface area contributed by atoms with Gasteiger partial charge in [0.2, 0.25) is 0 Å². The van der Waals surface area contributed by atoms with Gasteiger partial charge in [0.15, 0.2) is 5.92 Å². The van der Waals surface area contributed by atoms with E-state index in [0.29, 0.717) is 0 Å². The average molecular weight is 190 g/mol. The number of hydrogen-bond donors (Lipinski definition) is 0. The molecular formula is C10H6O4. The van der Waals surface area contributed by atoms with E-state index in [1.54, 1.807) is 12.2 Å². The monoisotopic (exact) mass is 190 g/mol. The molecule has 0 saturated heterocycles. The maximum atomic E-state index is 11.0. The van der Waals surface area contributed by atoms with E-state index in [1.807, 2.05) is 0 Å². The summed E-state index contributed by atoms with van der Waals surface area (Å²) in [5, 5.41) is 0. The molecule has 0 rings (SSSR count). The van der Waals surface area contributed by atoms with Gasteiger partial charge < -0.3 is 9.47 Å². The number of carbonyl (C=O) groups excluding carboxylic acids is 2. The maximum Gasteiger partial charge on any atom is 0.335 e. The van der Waals surface area contributed by atoms with E-state index >= 15 is 0 Å². The van der Waals surface area contributed by atoms with Crippen LogP contribution in [-0.4, -0.2) is 11.9 Å². The van der Waals surface area contributed by atoms with Crippen molar-refractivity contribution in [2.45, 2.75) is 6.42 Å². The molecule has 0 aromatic carbocycles. The Morgan fingerprint density at radius 1 is 1.07 bits per heavy atom. The quantitative estimate of drug-likeness (QED) is 0.354. The van der Waals surface area contributed by atoms with Crippen molar-refractivity contribution in [3.63, 3.8) is 0 Å². The van der Waals surface area contributed by atoms with Gasteiger partial charge in [0.05, 0.1) is 0 Å². The second-order valence-electron chi connectivity index (χ2n) is 2.04. The Kier molecular flexibility index (Phi) is 5.12. The van der Waals surface area contributed by atoms with Crippen LogP contribution >= 0.6 is 0 Å². The minimum absolute atomic E-state index is 0.180. The lowest BCUT2D eigenvalue weighted by atomic mass is 10.1. The van der Waals surface area contributed by atoms with Gasteiger partial charge in [-0.15, -0.1) is 12.3 Å². The third-order valence-corrected chi connectivity index (χ3v) is 1.21. The molecule has 0 aliphatic heterocycles. The topological polar surface area (TPSA) is 52.6 Å². The van der Waals surface area contributed by atoms with Gasteiger partial charge in [0.1, 0.15) is 12.2 Å². The van der Waals surface area contributed by atoms with E-state index in [9.17, 15) is 9.59 Å². The lowest BCUT2D eigenvalue weighted by molar-refractivity contribution is -0.153. The minimum Gasteiger partial charge on any atom is -0.372 e. The highest BCUT2D eigenvalue weighted by Crippen LogP contribution is 2.07. The molecule has 0 bridgehead atoms. The van der Waals surface area contributed by atoms with Crippen LogP contribution in [0, 0.1) is 43.3 Å². The standard InChI is InChI=1S/C10H6O4/c1-4-7-8(9(11)13-5-2)10(12)14-6-3/h1-3,8H,7H2. The van der Waals surface area contributed by atoms with Crippen molar-refractivity contribution in [3.05, 3.63) is 0 Å². The van der Waals surface area contributed by atoms with Crippen LogP contribution in [0.1, 0.15) is 6.42 Å². The predicted octanol–water partition coefficient (Wildman–Crippen LogP) is -0.106. The third-order valence-electron chi connectivity index (χ3n) is 1.21. The number of hydrogen-bond acceptors (Lipinski definition) is 4. The number of terminal acetylenes is 3. The second-order valence-corrected chi connectivity index (χ2v) is 2.04. The normalized spacial score (nSPS) is 7.86. The molecule has 70 valence electrons. The van der Waals surface area contributed by atoms with Crippen molar-refractivity contribution in [2.75, 3.05) is 0 Å². The summed E-state index contributed by atoms with van der Waals surface area (Å²) < 4.78 is 8.30. The van der Waals surface area contributed by atoms with Crippen LogP contribution in [0.15, 0.2) is 0 Å². The van der Waals surface area contributed by atoms with E-state index in [4.69, 9.17) is 19.3 Å². The Morgan fingerprint density at radius 3 is 1.79 bits per heavy atom. The predicted molar refractivity (Wildman–Crippen MR) is 46.8 cm³/mol. The Bertz CT molecular complexity index is 320. The molecule has 4 nitrogen and oxygen atoms in total. The minimum atomic E-state index is -1.27. The van der Waals surface area contributed by atoms with Crippen LogP contribution < -0.4 is 0 Å². The smallest absolute Gasteiger partial charge is 0.335 e. The zero-order valence-corrected chi connectivity index (χ0v) is 7.15. The van der Waals surface area contributed by atoms with E-state index in [1.165, 1.54) is 0 Å². The molecule has 0 atom stereocenters. The SMILES string of the molecule is C#CCC(C(=O)OC#C)C(=O)OC#C. The lowest BCUT2D eigenvalue weighted by Gasteiger charge is -2.06. The van der Waals surface area contributed by atoms with E-state index in [0.717, 1.165) is 0 Å². The molecule has 0 saturated carbocycles. The highest BCUT2D eigenvalue weighted by Gasteiger charge is 2.29. The zero-order valence-electron chi connectivity index (χ0n) is 7.15. The zero-order chi connectivity index (χ0) is 11.0. The van der Waals surface area contributed by atoms with Crippen molar-refractivity contribution in [3.8, 4) is 37.4 Å². The molecule has 0 fully saturated rings. The highest BCUT2D eigenvalue weighted by molar-refractivity contribution is 5.95. The average Bonchev–Trinajstić information content (AvgIpc) is 2.14. The van der Waals surface area contributed by atoms with Crippen LogP contribution in [-0.2, 0) is 19.1 Å². The van der Waals surface area contributed by atoms with Gasteiger partial charge in [-0.05, 0) is 0 Å². The molecule has 0 heterocycles. The Labute approximate surface area is 81.6 Å². The summed E-state index contributed by atoms with van der Waals surface area (Å²) in [5.74, 6) is -1.07. The molecule has 14 heavy (non-hydrogen) atoms. The van der Waals surface area contributed by atoms with Crippen LogP contribution in [0.3, 0.4) is 0 Å². The first-order valence-corrected chi connectivity index (χ1v) is 3.43. The Hall–Kier alpha value is -2.38. The summed E-state index contributed by atoms with van der Waals surface area (Å²) in [6, 6.07) is 0. The summed E-state index contributed by atoms with van der Waals surface area (Å²) in [6.07, 6.45) is 17.4. The molecule has 0 aliphatic carbocycles. The fourth-order valence-electron chi connectivity index (χ4n) is 0.639. The molecule has 0 aromatic heterocycles. The molecule has 0 aromatic rings. The fourth-order valence-corrected chi connectivity index (χ4v) is 0.639. The van der Waals surface area contributed by atoms with E-state index < -0.39 is 17.9 Å². The molecule has 4 heteroatoms. The highest BCUT2D eigenvalue weighted by atomic mass is 16.5. The first-order chi connectivity index (χ1) is 6.67. The van der Waals surface area contributed by atoms with Crippen LogP contribution in [0.4, 0.5) is 0 Å². The molecule has 0 amide bonds. The Morgan fingerprint density at radius 2 is 1.50 bits per heavy atom. The van der Waals surface area contributed by atoms with Crippen LogP contribution in [0.25, 0.3) is 0 Å². The second kappa shape index (κ2) is 6.17. The Balaban J connectivity index is 4.55. The number of esters is 2. The summed E-state index contributed by atoms with van der Waals surface area (Å²) in [6.45, 7) is 0. The number of carbonyl (C=O) groups is 2. The summed E-state index contributed by atoms with van der Waals surface area (Å²) in [4.78, 5) is 22.0.